The summed E-state index contributed by atoms with van der Waals surface area (Å²) in [7, 11) is -1.96. The van der Waals surface area contributed by atoms with E-state index in [2.05, 4.69) is 38.5 Å². The van der Waals surface area contributed by atoms with Crippen LogP contribution in [0.3, 0.4) is 0 Å². The number of β-amino-alcohol motifs (C(OH)–C–C–N with tert-alkyl or cyclic N) is 1. The van der Waals surface area contributed by atoms with Gasteiger partial charge in [-0.3, -0.25) is 14.6 Å². The monoisotopic (exact) mass is 742 g/mol. The molecule has 1 saturated carbocycles. The van der Waals surface area contributed by atoms with Crippen LogP contribution in [0, 0.1) is 29.6 Å². The van der Waals surface area contributed by atoms with Crippen LogP contribution in [0.2, 0.25) is 0 Å². The Morgan fingerprint density at radius 1 is 1.10 bits per heavy atom. The number of amides is 1. The number of nitrogens with one attached hydrogen (secondary N) is 1. The number of fused-ring (bicyclic) bond motifs is 4. The molecule has 2 aliphatic carbocycles. The van der Waals surface area contributed by atoms with Crippen molar-refractivity contribution in [1.29, 1.82) is 0 Å². The fourth-order valence-corrected chi connectivity index (χ4v) is 10.4. The summed E-state index contributed by atoms with van der Waals surface area (Å²) in [4.78, 5) is 20.7. The van der Waals surface area contributed by atoms with Crippen molar-refractivity contribution in [2.24, 2.45) is 29.6 Å². The summed E-state index contributed by atoms with van der Waals surface area (Å²) in [5, 5.41) is 12.6. The maximum absolute atomic E-state index is 13.5. The van der Waals surface area contributed by atoms with E-state index in [-0.39, 0.29) is 29.2 Å². The van der Waals surface area contributed by atoms with Crippen molar-refractivity contribution >= 4 is 33.2 Å². The zero-order valence-corrected chi connectivity index (χ0v) is 32.5. The highest BCUT2D eigenvalue weighted by molar-refractivity contribution is 7.90. The lowest BCUT2D eigenvalue weighted by molar-refractivity contribution is -0.0763. The van der Waals surface area contributed by atoms with Gasteiger partial charge >= 0.3 is 0 Å². The molecule has 1 unspecified atom stereocenters. The molecule has 2 N–H and O–H groups in total. The van der Waals surface area contributed by atoms with Gasteiger partial charge in [0, 0.05) is 56.4 Å². The quantitative estimate of drug-likeness (QED) is 0.319. The van der Waals surface area contributed by atoms with Crippen molar-refractivity contribution in [3.63, 3.8) is 0 Å². The molecular weight excluding hydrogens is 684 g/mol. The number of anilines is 1. The number of carbonyl (C=O) groups is 1. The second-order valence-electron chi connectivity index (χ2n) is 16.0. The number of hydrogen-bond donors (Lipinski definition) is 2. The highest BCUT2D eigenvalue weighted by Crippen LogP contribution is 2.45. The van der Waals surface area contributed by atoms with Gasteiger partial charge in [-0.15, -0.1) is 0 Å². The van der Waals surface area contributed by atoms with E-state index in [1.54, 1.807) is 25.1 Å². The first-order valence-electron chi connectivity index (χ1n) is 19.3. The van der Waals surface area contributed by atoms with Gasteiger partial charge in [0.05, 0.1) is 23.1 Å². The molecule has 6 rings (SSSR count). The maximum Gasteiger partial charge on any atom is 0.264 e. The predicted molar refractivity (Wildman–Crippen MR) is 206 cm³/mol. The number of carbonyl (C=O) groups excluding carboxylic acids is 1. The first-order chi connectivity index (χ1) is 24.4. The summed E-state index contributed by atoms with van der Waals surface area (Å²) in [5.74, 6) is 0.639. The number of ether oxygens (including phenoxy) is 1. The molecule has 1 amide bonds. The molecule has 3 heterocycles. The van der Waals surface area contributed by atoms with Crippen molar-refractivity contribution in [2.45, 2.75) is 89.0 Å². The fraction of sp³-hybridized carbons (Fsp3) is 0.675. The second-order valence-corrected chi connectivity index (χ2v) is 18.5. The standard InChI is InChI=1S/C40H59ClN4O5S/c1-5-30(31-11-15-34(41)16-12-31)26-50-38-18-14-32-23-37(38)43(4)24-33-13-17-36(33)40(47,27-44-21-22-45-20-7-6-10-35(45)25-44)19-8-9-28(2)29(3)51(48,49)42-39(32)46/h8,11,14-16,18-19,23,28-31,33,35-36,47H,5-7,9-10,12-13,17,20-22,24-27H2,1-4H3,(H,42,46)/b19-8+/t28-,29+,30+,31?,33-,35+,36+,40-/m0/s1. The third kappa shape index (κ3) is 8.89. The Balaban J connectivity index is 1.28. The molecule has 51 heavy (non-hydrogen) atoms. The van der Waals surface area contributed by atoms with Crippen LogP contribution in [0.25, 0.3) is 0 Å². The van der Waals surface area contributed by atoms with Gasteiger partial charge in [-0.05, 0) is 112 Å². The summed E-state index contributed by atoms with van der Waals surface area (Å²) in [5.41, 5.74) is -0.0254. The van der Waals surface area contributed by atoms with Crippen LogP contribution in [-0.2, 0) is 10.0 Å². The first-order valence-corrected chi connectivity index (χ1v) is 21.2. The Hall–Kier alpha value is -2.37. The lowest BCUT2D eigenvalue weighted by Crippen LogP contribution is -2.60. The van der Waals surface area contributed by atoms with Crippen LogP contribution in [0.4, 0.5) is 5.69 Å². The minimum Gasteiger partial charge on any atom is -0.491 e. The van der Waals surface area contributed by atoms with Crippen LogP contribution in [-0.4, -0.2) is 99.0 Å². The number of piperazine rings is 1. The molecule has 8 atom stereocenters. The van der Waals surface area contributed by atoms with E-state index in [0.29, 0.717) is 43.8 Å². The molecule has 3 aliphatic heterocycles. The first kappa shape index (κ1) is 38.4. The van der Waals surface area contributed by atoms with Gasteiger partial charge in [-0.25, -0.2) is 13.1 Å². The third-order valence-electron chi connectivity index (χ3n) is 12.7. The van der Waals surface area contributed by atoms with Crippen molar-refractivity contribution in [1.82, 2.24) is 14.5 Å². The van der Waals surface area contributed by atoms with E-state index in [1.165, 1.54) is 25.8 Å². The molecule has 2 bridgehead atoms. The molecule has 282 valence electrons. The number of aliphatic hydroxyl groups is 1. The molecule has 11 heteroatoms. The van der Waals surface area contributed by atoms with Crippen molar-refractivity contribution < 1.29 is 23.1 Å². The van der Waals surface area contributed by atoms with Crippen LogP contribution < -0.4 is 14.4 Å². The van der Waals surface area contributed by atoms with Gasteiger partial charge in [-0.1, -0.05) is 56.2 Å². The Morgan fingerprint density at radius 3 is 2.65 bits per heavy atom. The average molecular weight is 743 g/mol. The summed E-state index contributed by atoms with van der Waals surface area (Å²) < 4.78 is 35.8. The average Bonchev–Trinajstić information content (AvgIpc) is 3.09. The van der Waals surface area contributed by atoms with Crippen molar-refractivity contribution in [3.05, 3.63) is 59.2 Å². The van der Waals surface area contributed by atoms with E-state index >= 15 is 0 Å². The lowest BCUT2D eigenvalue weighted by atomic mass is 9.64. The topological polar surface area (TPSA) is 102 Å². The minimum atomic E-state index is -3.97. The smallest absolute Gasteiger partial charge is 0.264 e. The van der Waals surface area contributed by atoms with Crippen LogP contribution in [0.1, 0.15) is 82.5 Å². The molecule has 1 aromatic carbocycles. The molecule has 9 nitrogen and oxygen atoms in total. The highest BCUT2D eigenvalue weighted by Gasteiger charge is 2.47. The van der Waals surface area contributed by atoms with Gasteiger partial charge in [-0.2, -0.15) is 0 Å². The lowest BCUT2D eigenvalue weighted by Gasteiger charge is -2.51. The Morgan fingerprint density at radius 2 is 1.92 bits per heavy atom. The largest absolute Gasteiger partial charge is 0.491 e. The number of piperidine rings is 1. The molecule has 0 spiro atoms. The van der Waals surface area contributed by atoms with Gasteiger partial charge in [0.1, 0.15) is 5.75 Å². The van der Waals surface area contributed by atoms with E-state index in [4.69, 9.17) is 16.3 Å². The van der Waals surface area contributed by atoms with E-state index < -0.39 is 26.8 Å². The number of hydrogen-bond acceptors (Lipinski definition) is 8. The SMILES string of the molecule is CC[C@H](COc1ccc2cc1N(C)C[C@@H]1CC[C@H]1[C@@](O)(CN1CCN3CCCC[C@@H]3C1)/C=C/C[C@H](C)[C@@H](C)S(=O)(=O)NC2=O)C1C=CC(Cl)=CC1. The highest BCUT2D eigenvalue weighted by atomic mass is 35.5. The summed E-state index contributed by atoms with van der Waals surface area (Å²) in [6.45, 7) is 11.6. The van der Waals surface area contributed by atoms with E-state index in [9.17, 15) is 18.3 Å². The summed E-state index contributed by atoms with van der Waals surface area (Å²) in [6.07, 6.45) is 18.1. The van der Waals surface area contributed by atoms with Gasteiger partial charge in [0.25, 0.3) is 5.91 Å². The van der Waals surface area contributed by atoms with E-state index in [0.717, 1.165) is 56.0 Å². The second kappa shape index (κ2) is 16.3. The zero-order valence-electron chi connectivity index (χ0n) is 31.0. The molecule has 1 aromatic rings. The van der Waals surface area contributed by atoms with Crippen LogP contribution >= 0.6 is 11.6 Å². The molecular formula is C40H59ClN4O5S. The van der Waals surface area contributed by atoms with Gasteiger partial charge < -0.3 is 14.7 Å². The molecule has 0 aromatic heterocycles. The summed E-state index contributed by atoms with van der Waals surface area (Å²) in [6, 6.07) is 5.76. The Kier molecular flexibility index (Phi) is 12.3. The van der Waals surface area contributed by atoms with Crippen molar-refractivity contribution in [2.75, 3.05) is 57.8 Å². The number of rotatable bonds is 7. The maximum atomic E-state index is 13.5. The molecule has 5 aliphatic rings. The molecule has 3 fully saturated rings. The van der Waals surface area contributed by atoms with Gasteiger partial charge in [0.2, 0.25) is 10.0 Å². The van der Waals surface area contributed by atoms with Crippen LogP contribution in [0.15, 0.2) is 53.6 Å². The Labute approximate surface area is 311 Å². The van der Waals surface area contributed by atoms with Crippen LogP contribution in [0.5, 0.6) is 5.75 Å². The zero-order chi connectivity index (χ0) is 36.3. The Bertz CT molecular complexity index is 1600. The normalized spacial score (nSPS) is 34.7. The van der Waals surface area contributed by atoms with E-state index in [1.807, 2.05) is 32.2 Å². The number of halogens is 1. The molecule has 0 radical (unpaired) electrons. The number of nitrogens with zero attached hydrogens (tertiary/aromatic N) is 3. The predicted octanol–water partition coefficient (Wildman–Crippen LogP) is 6.20. The number of sulfonamides is 1. The summed E-state index contributed by atoms with van der Waals surface area (Å²) >= 11 is 6.20. The van der Waals surface area contributed by atoms with Gasteiger partial charge in [0.15, 0.2) is 0 Å². The number of benzene rings is 1. The van der Waals surface area contributed by atoms with Crippen molar-refractivity contribution in [3.8, 4) is 5.75 Å². The molecule has 2 saturated heterocycles. The fourth-order valence-electron chi connectivity index (χ4n) is 8.96. The minimum absolute atomic E-state index is 0.0586. The third-order valence-corrected chi connectivity index (χ3v) is 14.9. The number of allylic oxidation sites excluding steroid dienone is 5.